The van der Waals surface area contributed by atoms with Crippen molar-refractivity contribution in [2.45, 2.75) is 0 Å². The van der Waals surface area contributed by atoms with E-state index in [1.54, 1.807) is 0 Å². The van der Waals surface area contributed by atoms with Crippen LogP contribution in [-0.4, -0.2) is 97.4 Å². The van der Waals surface area contributed by atoms with Crippen LogP contribution in [0.15, 0.2) is 0 Å². The monoisotopic (exact) mass is 174 g/mol. The van der Waals surface area contributed by atoms with Crippen molar-refractivity contribution < 1.29 is 38.3 Å². The van der Waals surface area contributed by atoms with Gasteiger partial charge in [-0.15, -0.1) is 0 Å². The van der Waals surface area contributed by atoms with E-state index in [9.17, 15) is 0 Å². The predicted molar refractivity (Wildman–Crippen MR) is 39.6 cm³/mol. The van der Waals surface area contributed by atoms with Gasteiger partial charge < -0.3 is 38.3 Å². The molecule has 0 saturated heterocycles. The molecule has 0 saturated carbocycles. The van der Waals surface area contributed by atoms with E-state index >= 15 is 0 Å². The van der Waals surface area contributed by atoms with Gasteiger partial charge in [-0.25, -0.2) is 0 Å². The molecule has 0 radical (unpaired) electrons. The van der Waals surface area contributed by atoms with Crippen LogP contribution in [0.3, 0.4) is 0 Å². The second kappa shape index (κ2) is 250. The van der Waals surface area contributed by atoms with E-state index in [4.69, 9.17) is 0 Å². The van der Waals surface area contributed by atoms with Gasteiger partial charge in [0, 0.05) is 0 Å². The first kappa shape index (κ1) is 342. The summed E-state index contributed by atoms with van der Waals surface area (Å²) in [5.41, 5.74) is 0. The summed E-state index contributed by atoms with van der Waals surface area (Å²) >= 11 is 0. The van der Waals surface area contributed by atoms with Crippen LogP contribution in [0.4, 0.5) is 0 Å². The molecular formula is H16Na2O7. The van der Waals surface area contributed by atoms with Gasteiger partial charge in [0.1, 0.15) is 0 Å². The fourth-order valence-corrected chi connectivity index (χ4v) is 0. The third kappa shape index (κ3) is 196. The standard InChI is InChI=1S/2Na.7H2O.2H/h;;7*1H2;;. The third-order valence-corrected chi connectivity index (χ3v) is 0. The molecule has 0 aromatic rings. The van der Waals surface area contributed by atoms with Crippen LogP contribution in [0.1, 0.15) is 0 Å². The molecule has 0 aliphatic carbocycles. The summed E-state index contributed by atoms with van der Waals surface area (Å²) in [6.45, 7) is 0. The minimum atomic E-state index is 0. The van der Waals surface area contributed by atoms with Crippen molar-refractivity contribution in [2.75, 3.05) is 0 Å². The molecule has 0 bridgehead atoms. The summed E-state index contributed by atoms with van der Waals surface area (Å²) in [5, 5.41) is 0. The van der Waals surface area contributed by atoms with Crippen molar-refractivity contribution in [3.8, 4) is 0 Å². The van der Waals surface area contributed by atoms with Gasteiger partial charge in [-0.1, -0.05) is 0 Å². The Balaban J connectivity index is 0. The van der Waals surface area contributed by atoms with Crippen molar-refractivity contribution >= 4 is 59.1 Å². The Hall–Kier alpha value is 1.72. The van der Waals surface area contributed by atoms with Crippen LogP contribution < -0.4 is 0 Å². The zero-order valence-electron chi connectivity index (χ0n) is 3.50. The fourth-order valence-electron chi connectivity index (χ4n) is 0. The molecule has 0 aliphatic rings. The van der Waals surface area contributed by atoms with E-state index in [-0.39, 0.29) is 97.4 Å². The Morgan fingerprint density at radius 1 is 0.222 bits per heavy atom. The summed E-state index contributed by atoms with van der Waals surface area (Å²) in [4.78, 5) is 0. The van der Waals surface area contributed by atoms with Crippen LogP contribution in [0.25, 0.3) is 0 Å². The molecule has 7 nitrogen and oxygen atoms in total. The maximum absolute atomic E-state index is 0. The Morgan fingerprint density at radius 2 is 0.222 bits per heavy atom. The van der Waals surface area contributed by atoms with E-state index in [1.165, 1.54) is 0 Å². The molecule has 0 spiro atoms. The average Bonchev–Trinajstić information content (AvgIpc) is 0. The van der Waals surface area contributed by atoms with Gasteiger partial charge in [0.25, 0.3) is 0 Å². The van der Waals surface area contributed by atoms with Gasteiger partial charge in [0.05, 0.1) is 0 Å². The SMILES string of the molecule is O.O.O.O.O.O.O.[NaH].[NaH]. The number of hydrogen-bond donors (Lipinski definition) is 0. The minimum absolute atomic E-state index is 0. The van der Waals surface area contributed by atoms with E-state index in [0.29, 0.717) is 0 Å². The normalized spacial score (nSPS) is 0. The van der Waals surface area contributed by atoms with Crippen LogP contribution in [0.5, 0.6) is 0 Å². The maximum atomic E-state index is 0. The second-order valence-corrected chi connectivity index (χ2v) is 0. The average molecular weight is 174 g/mol. The molecule has 0 atom stereocenters. The van der Waals surface area contributed by atoms with E-state index < -0.39 is 0 Å². The molecule has 9 heavy (non-hydrogen) atoms. The molecule has 14 N–H and O–H groups in total. The fraction of sp³-hybridized carbons (Fsp3) is 0. The summed E-state index contributed by atoms with van der Waals surface area (Å²) in [7, 11) is 0. The molecule has 0 rings (SSSR count). The molecule has 0 amide bonds. The molecule has 0 aromatic carbocycles. The zero-order valence-corrected chi connectivity index (χ0v) is 3.50. The molecule has 0 unspecified atom stereocenters. The summed E-state index contributed by atoms with van der Waals surface area (Å²) in [5.74, 6) is 0. The molecule has 0 aliphatic heterocycles. The van der Waals surface area contributed by atoms with Gasteiger partial charge in [-0.2, -0.15) is 0 Å². The van der Waals surface area contributed by atoms with Crippen LogP contribution in [0.2, 0.25) is 0 Å². The topological polar surface area (TPSA) is 220 Å². The van der Waals surface area contributed by atoms with Crippen molar-refractivity contribution in [2.24, 2.45) is 0 Å². The molecular weight excluding hydrogens is 158 g/mol. The Kier molecular flexibility index (Phi) is 9500. The molecule has 9 heteroatoms. The third-order valence-electron chi connectivity index (χ3n) is 0. The van der Waals surface area contributed by atoms with Crippen molar-refractivity contribution in [3.05, 3.63) is 0 Å². The summed E-state index contributed by atoms with van der Waals surface area (Å²) in [6, 6.07) is 0. The molecule has 0 aromatic heterocycles. The number of rotatable bonds is 0. The Labute approximate surface area is 96.6 Å². The van der Waals surface area contributed by atoms with Crippen molar-refractivity contribution in [3.63, 3.8) is 0 Å². The van der Waals surface area contributed by atoms with E-state index in [1.807, 2.05) is 0 Å². The van der Waals surface area contributed by atoms with Crippen LogP contribution in [0, 0.1) is 0 Å². The van der Waals surface area contributed by atoms with Gasteiger partial charge >= 0.3 is 59.1 Å². The van der Waals surface area contributed by atoms with Gasteiger partial charge in [-0.3, -0.25) is 0 Å². The van der Waals surface area contributed by atoms with E-state index in [0.717, 1.165) is 0 Å². The van der Waals surface area contributed by atoms with Crippen molar-refractivity contribution in [1.82, 2.24) is 0 Å². The van der Waals surface area contributed by atoms with Gasteiger partial charge in [0.2, 0.25) is 0 Å². The first-order valence-electron chi connectivity index (χ1n) is 0. The van der Waals surface area contributed by atoms with Crippen molar-refractivity contribution in [1.29, 1.82) is 0 Å². The van der Waals surface area contributed by atoms with Gasteiger partial charge in [0.15, 0.2) is 0 Å². The summed E-state index contributed by atoms with van der Waals surface area (Å²) < 4.78 is 0. The zero-order chi connectivity index (χ0) is 0. The number of hydrogen-bond acceptors (Lipinski definition) is 0. The summed E-state index contributed by atoms with van der Waals surface area (Å²) in [6.07, 6.45) is 0. The van der Waals surface area contributed by atoms with Crippen LogP contribution in [-0.2, 0) is 0 Å². The van der Waals surface area contributed by atoms with Crippen LogP contribution >= 0.6 is 0 Å². The molecule has 60 valence electrons. The molecule has 0 fully saturated rings. The first-order valence-corrected chi connectivity index (χ1v) is 0. The Bertz CT molecular complexity index is 6.88. The Morgan fingerprint density at radius 3 is 0.222 bits per heavy atom. The second-order valence-electron chi connectivity index (χ2n) is 0. The van der Waals surface area contributed by atoms with E-state index in [2.05, 4.69) is 0 Å². The van der Waals surface area contributed by atoms with Gasteiger partial charge in [-0.05, 0) is 0 Å². The first-order chi connectivity index (χ1) is 0. The quantitative estimate of drug-likeness (QED) is 0.312. The predicted octanol–water partition coefficient (Wildman–Crippen LogP) is -7.07. The molecule has 0 heterocycles.